The van der Waals surface area contributed by atoms with E-state index in [1.807, 2.05) is 0 Å². The molecule has 0 saturated heterocycles. The first-order valence-electron chi connectivity index (χ1n) is 4.30. The first-order chi connectivity index (χ1) is 4.93. The molecule has 0 bridgehead atoms. The van der Waals surface area contributed by atoms with E-state index in [1.165, 1.54) is 19.3 Å². The van der Waals surface area contributed by atoms with Gasteiger partial charge in [0, 0.05) is 5.92 Å². The second-order valence-electron chi connectivity index (χ2n) is 3.29. The minimum absolute atomic E-state index is 0.881. The lowest BCUT2D eigenvalue weighted by atomic mass is 10.2. The van der Waals surface area contributed by atoms with Crippen molar-refractivity contribution in [1.29, 1.82) is 0 Å². The maximum Gasteiger partial charge on any atom is 0.00487 e. The Kier molecular flexibility index (Phi) is 1.40. The predicted molar refractivity (Wildman–Crippen MR) is 43.7 cm³/mol. The van der Waals surface area contributed by atoms with Gasteiger partial charge in [-0.15, -0.1) is 0 Å². The standard InChI is InChI=1S/C10H14/c1-2-3-5-8-9-6-4-7-10(8)9/h4-6,9-10H,2-3,7H2,1H3/b8-5-. The van der Waals surface area contributed by atoms with Crippen molar-refractivity contribution in [2.45, 2.75) is 26.2 Å². The first-order valence-corrected chi connectivity index (χ1v) is 4.30. The summed E-state index contributed by atoms with van der Waals surface area (Å²) in [6, 6.07) is 0. The summed E-state index contributed by atoms with van der Waals surface area (Å²) >= 11 is 0. The van der Waals surface area contributed by atoms with Crippen LogP contribution in [0, 0.1) is 11.8 Å². The molecule has 0 heteroatoms. The van der Waals surface area contributed by atoms with Crippen LogP contribution in [0.25, 0.3) is 0 Å². The van der Waals surface area contributed by atoms with Gasteiger partial charge in [-0.1, -0.05) is 37.1 Å². The van der Waals surface area contributed by atoms with Crippen molar-refractivity contribution < 1.29 is 0 Å². The molecule has 2 aliphatic rings. The first kappa shape index (κ1) is 6.21. The quantitative estimate of drug-likeness (QED) is 0.509. The topological polar surface area (TPSA) is 0 Å². The fraction of sp³-hybridized carbons (Fsp3) is 0.600. The Morgan fingerprint density at radius 3 is 3.20 bits per heavy atom. The van der Waals surface area contributed by atoms with Crippen molar-refractivity contribution in [3.8, 4) is 0 Å². The molecule has 0 aromatic carbocycles. The van der Waals surface area contributed by atoms with Gasteiger partial charge in [-0.3, -0.25) is 0 Å². The van der Waals surface area contributed by atoms with Gasteiger partial charge in [0.25, 0.3) is 0 Å². The SMILES string of the molecule is CCC/C=C1/C2C=CCC12. The molecule has 0 nitrogen and oxygen atoms in total. The largest absolute Gasteiger partial charge is 0.0873 e. The molecule has 0 aromatic heterocycles. The van der Waals surface area contributed by atoms with Crippen LogP contribution in [0.2, 0.25) is 0 Å². The highest BCUT2D eigenvalue weighted by molar-refractivity contribution is 5.39. The lowest BCUT2D eigenvalue weighted by Gasteiger charge is -1.84. The molecule has 0 radical (unpaired) electrons. The second-order valence-corrected chi connectivity index (χ2v) is 3.29. The van der Waals surface area contributed by atoms with E-state index in [2.05, 4.69) is 25.2 Å². The van der Waals surface area contributed by atoms with Gasteiger partial charge in [0.15, 0.2) is 0 Å². The average Bonchev–Trinajstić information content (AvgIpc) is 2.46. The lowest BCUT2D eigenvalue weighted by molar-refractivity contribution is 0.866. The minimum Gasteiger partial charge on any atom is -0.0873 e. The Bertz CT molecular complexity index is 186. The summed E-state index contributed by atoms with van der Waals surface area (Å²) in [6.45, 7) is 2.24. The Morgan fingerprint density at radius 2 is 2.60 bits per heavy atom. The van der Waals surface area contributed by atoms with E-state index in [0.717, 1.165) is 11.8 Å². The number of unbranched alkanes of at least 4 members (excludes halogenated alkanes) is 1. The number of hydrogen-bond donors (Lipinski definition) is 0. The van der Waals surface area contributed by atoms with Gasteiger partial charge >= 0.3 is 0 Å². The van der Waals surface area contributed by atoms with E-state index in [1.54, 1.807) is 5.57 Å². The van der Waals surface area contributed by atoms with Crippen LogP contribution < -0.4 is 0 Å². The number of rotatable bonds is 2. The molecule has 54 valence electrons. The molecule has 2 atom stereocenters. The van der Waals surface area contributed by atoms with E-state index in [4.69, 9.17) is 0 Å². The van der Waals surface area contributed by atoms with Crippen molar-refractivity contribution in [2.75, 3.05) is 0 Å². The van der Waals surface area contributed by atoms with Crippen LogP contribution in [0.4, 0.5) is 0 Å². The number of fused-ring (bicyclic) bond motifs is 1. The van der Waals surface area contributed by atoms with E-state index in [-0.39, 0.29) is 0 Å². The van der Waals surface area contributed by atoms with E-state index >= 15 is 0 Å². The van der Waals surface area contributed by atoms with Gasteiger partial charge in [-0.2, -0.15) is 0 Å². The summed E-state index contributed by atoms with van der Waals surface area (Å²) in [4.78, 5) is 0. The molecule has 0 spiro atoms. The van der Waals surface area contributed by atoms with E-state index in [0.29, 0.717) is 0 Å². The monoisotopic (exact) mass is 134 g/mol. The Morgan fingerprint density at radius 1 is 1.70 bits per heavy atom. The smallest absolute Gasteiger partial charge is 0.00487 e. The maximum atomic E-state index is 2.44. The molecule has 0 aliphatic heterocycles. The fourth-order valence-electron chi connectivity index (χ4n) is 1.86. The molecule has 0 heterocycles. The predicted octanol–water partition coefficient (Wildman–Crippen LogP) is 2.92. The van der Waals surface area contributed by atoms with Crippen LogP contribution in [0.3, 0.4) is 0 Å². The highest BCUT2D eigenvalue weighted by atomic mass is 14.5. The zero-order chi connectivity index (χ0) is 6.97. The summed E-state index contributed by atoms with van der Waals surface area (Å²) in [7, 11) is 0. The van der Waals surface area contributed by atoms with Gasteiger partial charge in [-0.25, -0.2) is 0 Å². The zero-order valence-electron chi connectivity index (χ0n) is 6.51. The third-order valence-electron chi connectivity index (χ3n) is 2.54. The molecule has 1 fully saturated rings. The number of allylic oxidation sites excluding steroid dienone is 4. The maximum absolute atomic E-state index is 2.44. The number of hydrogen-bond acceptors (Lipinski definition) is 0. The molecular weight excluding hydrogens is 120 g/mol. The second kappa shape index (κ2) is 2.26. The van der Waals surface area contributed by atoms with Crippen LogP contribution in [-0.4, -0.2) is 0 Å². The van der Waals surface area contributed by atoms with Gasteiger partial charge in [0.1, 0.15) is 0 Å². The molecule has 0 amide bonds. The average molecular weight is 134 g/mol. The van der Waals surface area contributed by atoms with Crippen molar-refractivity contribution >= 4 is 0 Å². The van der Waals surface area contributed by atoms with Gasteiger partial charge in [-0.05, 0) is 18.8 Å². The van der Waals surface area contributed by atoms with Crippen molar-refractivity contribution in [3.63, 3.8) is 0 Å². The summed E-state index contributed by atoms with van der Waals surface area (Å²) in [5.41, 5.74) is 1.73. The minimum atomic E-state index is 0.881. The molecule has 0 N–H and O–H groups in total. The molecule has 2 aliphatic carbocycles. The Labute approximate surface area is 62.6 Å². The van der Waals surface area contributed by atoms with Crippen molar-refractivity contribution in [1.82, 2.24) is 0 Å². The molecule has 2 rings (SSSR count). The van der Waals surface area contributed by atoms with Gasteiger partial charge in [0.2, 0.25) is 0 Å². The summed E-state index contributed by atoms with van der Waals surface area (Å²) in [5, 5.41) is 0. The molecule has 10 heavy (non-hydrogen) atoms. The third kappa shape index (κ3) is 0.828. The van der Waals surface area contributed by atoms with Gasteiger partial charge in [0.05, 0.1) is 0 Å². The highest BCUT2D eigenvalue weighted by Gasteiger charge is 2.43. The molecular formula is C10H14. The zero-order valence-corrected chi connectivity index (χ0v) is 6.51. The fourth-order valence-corrected chi connectivity index (χ4v) is 1.86. The molecule has 0 aromatic rings. The third-order valence-corrected chi connectivity index (χ3v) is 2.54. The van der Waals surface area contributed by atoms with Gasteiger partial charge < -0.3 is 0 Å². The van der Waals surface area contributed by atoms with Crippen LogP contribution in [0.5, 0.6) is 0 Å². The van der Waals surface area contributed by atoms with Crippen molar-refractivity contribution in [3.05, 3.63) is 23.8 Å². The lowest BCUT2D eigenvalue weighted by Crippen LogP contribution is -1.67. The summed E-state index contributed by atoms with van der Waals surface area (Å²) in [5.74, 6) is 1.83. The van der Waals surface area contributed by atoms with Crippen LogP contribution in [-0.2, 0) is 0 Å². The van der Waals surface area contributed by atoms with Crippen LogP contribution in [0.1, 0.15) is 26.2 Å². The van der Waals surface area contributed by atoms with Crippen LogP contribution in [0.15, 0.2) is 23.8 Å². The normalized spacial score (nSPS) is 38.7. The van der Waals surface area contributed by atoms with Crippen LogP contribution >= 0.6 is 0 Å². The Hall–Kier alpha value is -0.520. The van der Waals surface area contributed by atoms with Crippen molar-refractivity contribution in [2.24, 2.45) is 11.8 Å². The Balaban J connectivity index is 1.94. The highest BCUT2D eigenvalue weighted by Crippen LogP contribution is 2.53. The molecule has 2 unspecified atom stereocenters. The summed E-state index contributed by atoms with van der Waals surface area (Å²) in [6.07, 6.45) is 11.0. The molecule has 1 saturated carbocycles. The summed E-state index contributed by atoms with van der Waals surface area (Å²) < 4.78 is 0. The van der Waals surface area contributed by atoms with E-state index < -0.39 is 0 Å². The van der Waals surface area contributed by atoms with E-state index in [9.17, 15) is 0 Å².